The first-order valence-corrected chi connectivity index (χ1v) is 15.2. The summed E-state index contributed by atoms with van der Waals surface area (Å²) in [6, 6.07) is 8.72. The van der Waals surface area contributed by atoms with Crippen LogP contribution in [-0.4, -0.2) is 23.7 Å². The summed E-state index contributed by atoms with van der Waals surface area (Å²) >= 11 is 6.17. The Morgan fingerprint density at radius 1 is 1.03 bits per heavy atom. The maximum absolute atomic E-state index is 13.8. The number of amides is 1. The number of hydrogen-bond acceptors (Lipinski definition) is 3. The molecule has 5 rings (SSSR count). The van der Waals surface area contributed by atoms with Crippen LogP contribution in [0.15, 0.2) is 40.5 Å². The highest BCUT2D eigenvalue weighted by molar-refractivity contribution is 6.30. The molecule has 0 saturated heterocycles. The van der Waals surface area contributed by atoms with Crippen LogP contribution >= 0.6 is 11.6 Å². The van der Waals surface area contributed by atoms with Gasteiger partial charge in [0.1, 0.15) is 5.70 Å². The van der Waals surface area contributed by atoms with Gasteiger partial charge in [-0.2, -0.15) is 0 Å². The molecule has 37 heavy (non-hydrogen) atoms. The monoisotopic (exact) mass is 523 g/mol. The quantitative estimate of drug-likeness (QED) is 0.312. The topological polar surface area (TPSA) is 67.5 Å². The first-order chi connectivity index (χ1) is 17.7. The third kappa shape index (κ3) is 5.51. The second-order valence-electron chi connectivity index (χ2n) is 13.3. The number of nitrogens with one attached hydrogen (secondary N) is 1. The van der Waals surface area contributed by atoms with Gasteiger partial charge in [0, 0.05) is 28.3 Å². The predicted octanol–water partition coefficient (Wildman–Crippen LogP) is 7.39. The highest BCUT2D eigenvalue weighted by Gasteiger charge is 2.59. The molecule has 4 aliphatic rings. The predicted molar refractivity (Wildman–Crippen MR) is 154 cm³/mol. The number of fused-ring (bicyclic) bond motifs is 2. The largest absolute Gasteiger partial charge is 0.394 e. The van der Waals surface area contributed by atoms with Crippen LogP contribution in [0.1, 0.15) is 103 Å². The normalized spacial score (nSPS) is 34.4. The minimum Gasteiger partial charge on any atom is -0.394 e. The van der Waals surface area contributed by atoms with Crippen LogP contribution in [0.2, 0.25) is 5.02 Å². The molecule has 4 fully saturated rings. The molecule has 0 aromatic heterocycles. The summed E-state index contributed by atoms with van der Waals surface area (Å²) in [4.78, 5) is 19.2. The number of halogens is 1. The molecule has 1 amide bonds. The van der Waals surface area contributed by atoms with Crippen molar-refractivity contribution in [1.82, 2.24) is 5.32 Å². The third-order valence-corrected chi connectivity index (χ3v) is 10.6. The molecular weight excluding hydrogens is 478 g/mol. The SMILES string of the molecule is CC12CCC(C1)C(C)(C)[C@H]2NC(=O)/C(N)=C1\CCCCC(Cc2ccc(Cl)cc2)C1=NC1CCCCC1. The van der Waals surface area contributed by atoms with E-state index in [9.17, 15) is 4.79 Å². The Kier molecular flexibility index (Phi) is 7.78. The van der Waals surface area contributed by atoms with Gasteiger partial charge in [-0.15, -0.1) is 0 Å². The maximum atomic E-state index is 13.8. The molecule has 0 radical (unpaired) electrons. The number of aliphatic imine (C=N–C) groups is 1. The van der Waals surface area contributed by atoms with Crippen molar-refractivity contribution in [1.29, 1.82) is 0 Å². The second kappa shape index (κ2) is 10.8. The van der Waals surface area contributed by atoms with E-state index in [4.69, 9.17) is 22.3 Å². The van der Waals surface area contributed by atoms with Gasteiger partial charge in [0.05, 0.1) is 6.04 Å². The molecule has 0 aliphatic heterocycles. The van der Waals surface area contributed by atoms with E-state index >= 15 is 0 Å². The lowest BCUT2D eigenvalue weighted by Gasteiger charge is -2.43. The number of carbonyl (C=O) groups is 1. The van der Waals surface area contributed by atoms with E-state index in [2.05, 4.69) is 38.2 Å². The molecule has 202 valence electrons. The zero-order chi connectivity index (χ0) is 26.2. The van der Waals surface area contributed by atoms with Gasteiger partial charge in [-0.05, 0) is 92.2 Å². The fourth-order valence-electron chi connectivity index (χ4n) is 8.18. The summed E-state index contributed by atoms with van der Waals surface area (Å²) < 4.78 is 0. The number of nitrogens with zero attached hydrogens (tertiary/aromatic N) is 1. The van der Waals surface area contributed by atoms with Crippen LogP contribution in [0.3, 0.4) is 0 Å². The Morgan fingerprint density at radius 2 is 1.73 bits per heavy atom. The lowest BCUT2D eigenvalue weighted by molar-refractivity contribution is -0.120. The van der Waals surface area contributed by atoms with Crippen molar-refractivity contribution in [2.75, 3.05) is 0 Å². The summed E-state index contributed by atoms with van der Waals surface area (Å²) in [6.45, 7) is 7.03. The van der Waals surface area contributed by atoms with Crippen molar-refractivity contribution >= 4 is 23.2 Å². The first-order valence-electron chi connectivity index (χ1n) is 14.8. The molecule has 0 spiro atoms. The third-order valence-electron chi connectivity index (χ3n) is 10.3. The van der Waals surface area contributed by atoms with Crippen LogP contribution in [0, 0.1) is 22.7 Å². The Labute approximate surface area is 228 Å². The van der Waals surface area contributed by atoms with Crippen molar-refractivity contribution < 1.29 is 4.79 Å². The van der Waals surface area contributed by atoms with Crippen molar-refractivity contribution in [3.8, 4) is 0 Å². The van der Waals surface area contributed by atoms with E-state index in [0.29, 0.717) is 17.7 Å². The lowest BCUT2D eigenvalue weighted by atomic mass is 9.68. The molecule has 2 bridgehead atoms. The Morgan fingerprint density at radius 3 is 2.41 bits per heavy atom. The van der Waals surface area contributed by atoms with Crippen LogP contribution in [0.5, 0.6) is 0 Å². The zero-order valence-corrected chi connectivity index (χ0v) is 23.9. The molecule has 4 saturated carbocycles. The Bertz CT molecular complexity index is 1050. The Balaban J connectivity index is 1.46. The molecule has 1 aromatic carbocycles. The van der Waals surface area contributed by atoms with Crippen LogP contribution < -0.4 is 11.1 Å². The highest BCUT2D eigenvalue weighted by Crippen LogP contribution is 2.62. The number of rotatable bonds is 5. The molecule has 5 heteroatoms. The molecule has 0 heterocycles. The second-order valence-corrected chi connectivity index (χ2v) is 13.7. The van der Waals surface area contributed by atoms with E-state index in [-0.39, 0.29) is 28.7 Å². The average Bonchev–Trinajstić information content (AvgIpc) is 3.28. The van der Waals surface area contributed by atoms with Crippen molar-refractivity contribution in [3.05, 3.63) is 46.1 Å². The lowest BCUT2D eigenvalue weighted by Crippen LogP contribution is -2.53. The molecular formula is C32H46ClN3O. The maximum Gasteiger partial charge on any atom is 0.267 e. The van der Waals surface area contributed by atoms with Gasteiger partial charge in [0.2, 0.25) is 0 Å². The van der Waals surface area contributed by atoms with E-state index < -0.39 is 0 Å². The van der Waals surface area contributed by atoms with Crippen molar-refractivity contribution in [2.45, 2.75) is 116 Å². The van der Waals surface area contributed by atoms with E-state index in [0.717, 1.165) is 61.3 Å². The van der Waals surface area contributed by atoms with Gasteiger partial charge < -0.3 is 11.1 Å². The minimum atomic E-state index is -0.0784. The molecule has 4 nitrogen and oxygen atoms in total. The van der Waals surface area contributed by atoms with Gasteiger partial charge in [0.25, 0.3) is 5.91 Å². The number of benzene rings is 1. The number of nitrogens with two attached hydrogens (primary N) is 1. The van der Waals surface area contributed by atoms with Crippen LogP contribution in [-0.2, 0) is 11.2 Å². The van der Waals surface area contributed by atoms with Gasteiger partial charge in [-0.3, -0.25) is 9.79 Å². The molecule has 1 aromatic rings. The molecule has 3 N–H and O–H groups in total. The van der Waals surface area contributed by atoms with E-state index in [1.165, 1.54) is 44.1 Å². The summed E-state index contributed by atoms with van der Waals surface area (Å²) in [7, 11) is 0. The summed E-state index contributed by atoms with van der Waals surface area (Å²) in [5.41, 5.74) is 10.9. The number of carbonyl (C=O) groups excluding carboxylic acids is 1. The van der Waals surface area contributed by atoms with Crippen molar-refractivity contribution in [2.24, 2.45) is 33.4 Å². The fraction of sp³-hybridized carbons (Fsp3) is 0.688. The van der Waals surface area contributed by atoms with E-state index in [1.807, 2.05) is 12.1 Å². The molecule has 4 atom stereocenters. The van der Waals surface area contributed by atoms with Gasteiger partial charge in [0.15, 0.2) is 0 Å². The zero-order valence-electron chi connectivity index (χ0n) is 23.1. The minimum absolute atomic E-state index is 0.0784. The molecule has 4 aliphatic carbocycles. The first kappa shape index (κ1) is 26.8. The smallest absolute Gasteiger partial charge is 0.267 e. The van der Waals surface area contributed by atoms with Crippen LogP contribution in [0.25, 0.3) is 0 Å². The summed E-state index contributed by atoms with van der Waals surface area (Å²) in [6.07, 6.45) is 14.8. The standard InChI is InChI=1S/C32H46ClN3O/c1-31(2)23-17-18-32(3,20-23)30(31)36-29(37)27(34)26-12-8-7-9-22(19-21-13-15-24(33)16-14-21)28(26)35-25-10-5-4-6-11-25/h13-16,22-23,25,30H,4-12,17-20,34H2,1-3H3,(H,36,37)/b27-26-,35-28?/t22?,23?,30-,32?/m1/s1. The van der Waals surface area contributed by atoms with Crippen LogP contribution in [0.4, 0.5) is 0 Å². The average molecular weight is 524 g/mol. The number of hydrogen-bond donors (Lipinski definition) is 2. The summed E-state index contributed by atoms with van der Waals surface area (Å²) in [5, 5.41) is 4.23. The van der Waals surface area contributed by atoms with Gasteiger partial charge in [-0.25, -0.2) is 0 Å². The molecule has 3 unspecified atom stereocenters. The highest BCUT2D eigenvalue weighted by atomic mass is 35.5. The van der Waals surface area contributed by atoms with Gasteiger partial charge >= 0.3 is 0 Å². The number of allylic oxidation sites excluding steroid dienone is 1. The fourth-order valence-corrected chi connectivity index (χ4v) is 8.30. The van der Waals surface area contributed by atoms with E-state index in [1.54, 1.807) is 0 Å². The Hall–Kier alpha value is -1.81. The van der Waals surface area contributed by atoms with Crippen molar-refractivity contribution in [3.63, 3.8) is 0 Å². The summed E-state index contributed by atoms with van der Waals surface area (Å²) in [5.74, 6) is 0.885. The van der Waals surface area contributed by atoms with Gasteiger partial charge in [-0.1, -0.05) is 70.2 Å².